The van der Waals surface area contributed by atoms with Gasteiger partial charge in [0.1, 0.15) is 0 Å². The predicted molar refractivity (Wildman–Crippen MR) is 142 cm³/mol. The first kappa shape index (κ1) is 25.3. The van der Waals surface area contributed by atoms with Crippen molar-refractivity contribution < 1.29 is 0 Å². The van der Waals surface area contributed by atoms with Crippen molar-refractivity contribution in [1.29, 1.82) is 0 Å². The van der Waals surface area contributed by atoms with Gasteiger partial charge in [0, 0.05) is 36.4 Å². The van der Waals surface area contributed by atoms with Gasteiger partial charge >= 0.3 is 0 Å². The molecule has 3 unspecified atom stereocenters. The van der Waals surface area contributed by atoms with Crippen molar-refractivity contribution in [2.75, 3.05) is 32.7 Å². The van der Waals surface area contributed by atoms with Gasteiger partial charge < -0.3 is 15.5 Å². The fourth-order valence-electron chi connectivity index (χ4n) is 7.04. The first-order valence-electron chi connectivity index (χ1n) is 13.8. The summed E-state index contributed by atoms with van der Waals surface area (Å²) in [6.45, 7) is 15.8. The number of rotatable bonds is 9. The molecule has 33 heavy (non-hydrogen) atoms. The molecule has 0 aromatic carbocycles. The zero-order valence-electron chi connectivity index (χ0n) is 21.6. The summed E-state index contributed by atoms with van der Waals surface area (Å²) in [4.78, 5) is 2.76. The summed E-state index contributed by atoms with van der Waals surface area (Å²) in [6, 6.07) is 0.586. The van der Waals surface area contributed by atoms with Gasteiger partial charge in [0.2, 0.25) is 0 Å². The van der Waals surface area contributed by atoms with E-state index in [1.54, 1.807) is 5.57 Å². The Kier molecular flexibility index (Phi) is 8.68. The number of nitrogens with one attached hydrogen (secondary N) is 2. The summed E-state index contributed by atoms with van der Waals surface area (Å²) in [5, 5.41) is 8.67. The third kappa shape index (κ3) is 6.47. The highest BCUT2D eigenvalue weighted by Gasteiger charge is 2.40. The number of nitrogens with zero attached hydrogens (tertiary/aromatic N) is 1. The third-order valence-corrected chi connectivity index (χ3v) is 9.34. The smallest absolute Gasteiger partial charge is 0.0332 e. The second-order valence-electron chi connectivity index (χ2n) is 12.2. The molecular formula is C29H48ClN3. The Balaban J connectivity index is 1.22. The molecule has 1 fully saturated rings. The van der Waals surface area contributed by atoms with Crippen molar-refractivity contribution in [2.24, 2.45) is 29.1 Å². The molecule has 4 atom stereocenters. The van der Waals surface area contributed by atoms with Crippen LogP contribution in [0.15, 0.2) is 34.5 Å². The normalized spacial score (nSPS) is 30.8. The number of piperidine rings is 1. The van der Waals surface area contributed by atoms with Crippen LogP contribution in [0.3, 0.4) is 0 Å². The number of allylic oxidation sites excluding steroid dienone is 4. The summed E-state index contributed by atoms with van der Waals surface area (Å²) in [7, 11) is 0. The molecule has 0 aromatic heterocycles. The van der Waals surface area contributed by atoms with Crippen molar-refractivity contribution >= 4 is 11.6 Å². The van der Waals surface area contributed by atoms with Crippen LogP contribution in [0.5, 0.6) is 0 Å². The lowest BCUT2D eigenvalue weighted by molar-refractivity contribution is 0.0118. The fourth-order valence-corrected chi connectivity index (χ4v) is 7.24. The summed E-state index contributed by atoms with van der Waals surface area (Å²) >= 11 is 6.26. The van der Waals surface area contributed by atoms with Crippen LogP contribution in [0, 0.1) is 29.1 Å². The zero-order chi connectivity index (χ0) is 23.4. The quantitative estimate of drug-likeness (QED) is 0.375. The van der Waals surface area contributed by atoms with E-state index in [-0.39, 0.29) is 0 Å². The SMILES string of the molecule is CC(C)[C@H](CN1CCC(C2CC=C(Cl)CC2)C(C)(C)C1)NCCCC1CNC2=C1CCC=C2. The van der Waals surface area contributed by atoms with Gasteiger partial charge in [0.15, 0.2) is 0 Å². The average molecular weight is 474 g/mol. The Morgan fingerprint density at radius 2 is 2.09 bits per heavy atom. The maximum Gasteiger partial charge on any atom is 0.0332 e. The first-order valence-corrected chi connectivity index (χ1v) is 14.1. The molecule has 3 nitrogen and oxygen atoms in total. The Morgan fingerprint density at radius 1 is 1.24 bits per heavy atom. The summed E-state index contributed by atoms with van der Waals surface area (Å²) in [5.41, 5.74) is 3.51. The molecule has 0 bridgehead atoms. The summed E-state index contributed by atoms with van der Waals surface area (Å²) < 4.78 is 0. The molecule has 1 saturated heterocycles. The largest absolute Gasteiger partial charge is 0.384 e. The molecule has 0 amide bonds. The fraction of sp³-hybridized carbons (Fsp3) is 0.793. The van der Waals surface area contributed by atoms with Crippen molar-refractivity contribution in [3.8, 4) is 0 Å². The van der Waals surface area contributed by atoms with Crippen molar-refractivity contribution in [1.82, 2.24) is 15.5 Å². The highest BCUT2D eigenvalue weighted by atomic mass is 35.5. The lowest BCUT2D eigenvalue weighted by atomic mass is 9.65. The Bertz CT molecular complexity index is 750. The van der Waals surface area contributed by atoms with Gasteiger partial charge in [-0.1, -0.05) is 51.4 Å². The molecule has 2 heterocycles. The van der Waals surface area contributed by atoms with Gasteiger partial charge in [-0.3, -0.25) is 0 Å². The van der Waals surface area contributed by atoms with E-state index in [2.05, 4.69) is 61.5 Å². The molecule has 2 N–H and O–H groups in total. The lowest BCUT2D eigenvalue weighted by Gasteiger charge is -2.49. The number of likely N-dealkylation sites (tertiary alicyclic amines) is 1. The molecule has 2 aliphatic carbocycles. The van der Waals surface area contributed by atoms with Crippen molar-refractivity contribution in [3.63, 3.8) is 0 Å². The lowest BCUT2D eigenvalue weighted by Crippen LogP contribution is -2.53. The Morgan fingerprint density at radius 3 is 2.82 bits per heavy atom. The number of hydrogen-bond acceptors (Lipinski definition) is 3. The van der Waals surface area contributed by atoms with E-state index in [1.807, 2.05) is 0 Å². The summed E-state index contributed by atoms with van der Waals surface area (Å²) in [6.07, 6.45) is 16.9. The molecule has 0 saturated carbocycles. The van der Waals surface area contributed by atoms with Crippen LogP contribution < -0.4 is 10.6 Å². The number of halogens is 1. The van der Waals surface area contributed by atoms with Gasteiger partial charge in [-0.15, -0.1) is 0 Å². The van der Waals surface area contributed by atoms with Crippen molar-refractivity contribution in [3.05, 3.63) is 34.5 Å². The van der Waals surface area contributed by atoms with Crippen LogP contribution in [0.1, 0.15) is 79.1 Å². The molecular weight excluding hydrogens is 426 g/mol. The van der Waals surface area contributed by atoms with E-state index < -0.39 is 0 Å². The van der Waals surface area contributed by atoms with Crippen LogP contribution in [0.25, 0.3) is 0 Å². The van der Waals surface area contributed by atoms with Crippen LogP contribution in [0.2, 0.25) is 0 Å². The minimum absolute atomic E-state index is 0.386. The Labute approximate surface area is 208 Å². The van der Waals surface area contributed by atoms with Crippen LogP contribution in [0.4, 0.5) is 0 Å². The van der Waals surface area contributed by atoms with Gasteiger partial charge in [-0.25, -0.2) is 0 Å². The highest BCUT2D eigenvalue weighted by Crippen LogP contribution is 2.45. The summed E-state index contributed by atoms with van der Waals surface area (Å²) in [5.74, 6) is 3.08. The highest BCUT2D eigenvalue weighted by molar-refractivity contribution is 6.29. The molecule has 0 radical (unpaired) electrons. The molecule has 4 aliphatic rings. The second-order valence-corrected chi connectivity index (χ2v) is 12.7. The molecule has 4 rings (SSSR count). The minimum atomic E-state index is 0.386. The molecule has 0 spiro atoms. The van der Waals surface area contributed by atoms with Gasteiger partial charge in [-0.2, -0.15) is 0 Å². The molecule has 0 aromatic rings. The molecule has 4 heteroatoms. The second kappa shape index (κ2) is 11.3. The van der Waals surface area contributed by atoms with Crippen LogP contribution in [-0.4, -0.2) is 43.7 Å². The van der Waals surface area contributed by atoms with Crippen molar-refractivity contribution in [2.45, 2.75) is 85.1 Å². The maximum atomic E-state index is 6.26. The van der Waals surface area contributed by atoms with E-state index >= 15 is 0 Å². The molecule has 2 aliphatic heterocycles. The van der Waals surface area contributed by atoms with Gasteiger partial charge in [-0.05, 0) is 105 Å². The third-order valence-electron chi connectivity index (χ3n) is 8.99. The first-order chi connectivity index (χ1) is 15.8. The topological polar surface area (TPSA) is 27.3 Å². The molecule has 186 valence electrons. The Hall–Kier alpha value is -0.770. The maximum absolute atomic E-state index is 6.26. The van der Waals surface area contributed by atoms with E-state index in [1.165, 1.54) is 70.3 Å². The number of hydrogen-bond donors (Lipinski definition) is 2. The predicted octanol–water partition coefficient (Wildman–Crippen LogP) is 6.48. The van der Waals surface area contributed by atoms with E-state index in [0.717, 1.165) is 42.3 Å². The minimum Gasteiger partial charge on any atom is -0.384 e. The van der Waals surface area contributed by atoms with Gasteiger partial charge in [0.25, 0.3) is 0 Å². The van der Waals surface area contributed by atoms with Crippen LogP contribution in [-0.2, 0) is 0 Å². The van der Waals surface area contributed by atoms with Gasteiger partial charge in [0.05, 0.1) is 0 Å². The zero-order valence-corrected chi connectivity index (χ0v) is 22.4. The standard InChI is InChI=1S/C29H48ClN3/c1-21(2)28(31-16-7-8-23-18-32-27-10-6-5-9-25(23)27)19-33-17-15-26(29(3,4)20-33)22-11-13-24(30)14-12-22/h6,10,13,21-23,26,28,31-32H,5,7-9,11-12,14-20H2,1-4H3/t22?,23?,26?,28-/m0/s1. The van der Waals surface area contributed by atoms with E-state index in [4.69, 9.17) is 11.6 Å². The van der Waals surface area contributed by atoms with E-state index in [9.17, 15) is 0 Å². The monoisotopic (exact) mass is 473 g/mol. The van der Waals surface area contributed by atoms with Crippen LogP contribution >= 0.6 is 11.6 Å². The average Bonchev–Trinajstić information content (AvgIpc) is 3.19. The van der Waals surface area contributed by atoms with E-state index in [0.29, 0.717) is 17.4 Å².